The van der Waals surface area contributed by atoms with Crippen molar-refractivity contribution in [2.24, 2.45) is 0 Å². The Hall–Kier alpha value is -1.78. The van der Waals surface area contributed by atoms with E-state index in [9.17, 15) is 4.79 Å². The SMILES string of the molecule is C=CCN(CC=C)C(=O)c1ccccc1SCc1cccs1. The molecule has 1 heterocycles. The van der Waals surface area contributed by atoms with Gasteiger partial charge < -0.3 is 4.90 Å². The lowest BCUT2D eigenvalue weighted by atomic mass is 10.2. The Morgan fingerprint density at radius 2 is 1.86 bits per heavy atom. The van der Waals surface area contributed by atoms with Crippen molar-refractivity contribution >= 4 is 29.0 Å². The normalized spacial score (nSPS) is 10.2. The molecule has 0 saturated carbocycles. The third-order valence-corrected chi connectivity index (χ3v) is 5.24. The highest BCUT2D eigenvalue weighted by atomic mass is 32.2. The molecule has 1 amide bonds. The van der Waals surface area contributed by atoms with Crippen molar-refractivity contribution in [3.05, 3.63) is 77.5 Å². The highest BCUT2D eigenvalue weighted by molar-refractivity contribution is 7.98. The Bertz CT molecular complexity index is 624. The fraction of sp³-hybridized carbons (Fsp3) is 0.167. The van der Waals surface area contributed by atoms with Crippen LogP contribution >= 0.6 is 23.1 Å². The summed E-state index contributed by atoms with van der Waals surface area (Å²) in [6.07, 6.45) is 3.48. The van der Waals surface area contributed by atoms with Crippen molar-refractivity contribution in [3.8, 4) is 0 Å². The first kappa shape index (κ1) is 16.6. The fourth-order valence-electron chi connectivity index (χ4n) is 2.04. The summed E-state index contributed by atoms with van der Waals surface area (Å²) >= 11 is 3.43. The lowest BCUT2D eigenvalue weighted by Gasteiger charge is -2.20. The molecule has 1 aromatic carbocycles. The molecule has 0 radical (unpaired) electrons. The molecule has 0 atom stereocenters. The van der Waals surface area contributed by atoms with Crippen LogP contribution in [-0.4, -0.2) is 23.9 Å². The van der Waals surface area contributed by atoms with E-state index < -0.39 is 0 Å². The zero-order valence-electron chi connectivity index (χ0n) is 12.4. The van der Waals surface area contributed by atoms with Crippen molar-refractivity contribution in [1.82, 2.24) is 4.90 Å². The van der Waals surface area contributed by atoms with Gasteiger partial charge in [0.15, 0.2) is 0 Å². The molecule has 0 aliphatic carbocycles. The molecule has 2 nitrogen and oxygen atoms in total. The lowest BCUT2D eigenvalue weighted by Crippen LogP contribution is -2.31. The predicted molar refractivity (Wildman–Crippen MR) is 96.6 cm³/mol. The number of benzene rings is 1. The molecule has 2 aromatic rings. The highest BCUT2D eigenvalue weighted by Crippen LogP contribution is 2.28. The summed E-state index contributed by atoms with van der Waals surface area (Å²) in [5.74, 6) is 0.902. The summed E-state index contributed by atoms with van der Waals surface area (Å²) in [5, 5.41) is 2.07. The van der Waals surface area contributed by atoms with Gasteiger partial charge >= 0.3 is 0 Å². The first-order chi connectivity index (χ1) is 10.8. The number of hydrogen-bond acceptors (Lipinski definition) is 3. The standard InChI is InChI=1S/C18H19NOS2/c1-3-11-19(12-4-2)18(20)16-9-5-6-10-17(16)22-14-15-8-7-13-21-15/h3-10,13H,1-2,11-12,14H2. The molecule has 0 bridgehead atoms. The molecule has 1 aromatic heterocycles. The van der Waals surface area contributed by atoms with Crippen LogP contribution in [0, 0.1) is 0 Å². The molecule has 0 aliphatic heterocycles. The molecule has 0 fully saturated rings. The number of carbonyl (C=O) groups is 1. The summed E-state index contributed by atoms with van der Waals surface area (Å²) in [5.41, 5.74) is 0.743. The Labute approximate surface area is 140 Å². The number of amides is 1. The van der Waals surface area contributed by atoms with Gasteiger partial charge in [0.05, 0.1) is 5.56 Å². The maximum atomic E-state index is 12.7. The van der Waals surface area contributed by atoms with Gasteiger partial charge in [0.2, 0.25) is 0 Å². The molecular formula is C18H19NOS2. The average Bonchev–Trinajstić information content (AvgIpc) is 3.06. The maximum absolute atomic E-state index is 12.7. The van der Waals surface area contributed by atoms with Crippen LogP contribution in [0.2, 0.25) is 0 Å². The topological polar surface area (TPSA) is 20.3 Å². The largest absolute Gasteiger partial charge is 0.331 e. The molecule has 4 heteroatoms. The van der Waals surface area contributed by atoms with Gasteiger partial charge in [-0.25, -0.2) is 0 Å². The summed E-state index contributed by atoms with van der Waals surface area (Å²) in [7, 11) is 0. The molecule has 0 saturated heterocycles. The first-order valence-electron chi connectivity index (χ1n) is 7.01. The monoisotopic (exact) mass is 329 g/mol. The van der Waals surface area contributed by atoms with Crippen LogP contribution in [0.4, 0.5) is 0 Å². The zero-order chi connectivity index (χ0) is 15.8. The van der Waals surface area contributed by atoms with Gasteiger partial charge in [0, 0.05) is 28.6 Å². The van der Waals surface area contributed by atoms with Crippen LogP contribution in [0.3, 0.4) is 0 Å². The van der Waals surface area contributed by atoms with Crippen LogP contribution in [0.1, 0.15) is 15.2 Å². The molecule has 2 rings (SSSR count). The molecule has 0 aliphatic rings. The van der Waals surface area contributed by atoms with Crippen LogP contribution in [0.15, 0.2) is 72.0 Å². The Morgan fingerprint density at radius 3 is 2.50 bits per heavy atom. The van der Waals surface area contributed by atoms with E-state index in [1.807, 2.05) is 30.3 Å². The van der Waals surface area contributed by atoms with Gasteiger partial charge in [-0.3, -0.25) is 4.79 Å². The minimum Gasteiger partial charge on any atom is -0.331 e. The second-order valence-electron chi connectivity index (χ2n) is 4.65. The Balaban J connectivity index is 2.16. The molecule has 0 unspecified atom stereocenters. The van der Waals surface area contributed by atoms with Gasteiger partial charge in [-0.15, -0.1) is 36.3 Å². The third kappa shape index (κ3) is 4.36. The Morgan fingerprint density at radius 1 is 1.14 bits per heavy atom. The van der Waals surface area contributed by atoms with Crippen molar-refractivity contribution in [2.75, 3.05) is 13.1 Å². The molecule has 22 heavy (non-hydrogen) atoms. The van der Waals surface area contributed by atoms with Gasteiger partial charge in [0.25, 0.3) is 5.91 Å². The van der Waals surface area contributed by atoms with Crippen molar-refractivity contribution < 1.29 is 4.79 Å². The number of thioether (sulfide) groups is 1. The van der Waals surface area contributed by atoms with Crippen LogP contribution in [0.25, 0.3) is 0 Å². The second kappa shape index (κ2) is 8.61. The quantitative estimate of drug-likeness (QED) is 0.509. The summed E-state index contributed by atoms with van der Waals surface area (Å²) < 4.78 is 0. The number of thiophene rings is 1. The zero-order valence-corrected chi connectivity index (χ0v) is 14.0. The van der Waals surface area contributed by atoms with E-state index in [2.05, 4.69) is 24.6 Å². The van der Waals surface area contributed by atoms with Crippen molar-refractivity contribution in [2.45, 2.75) is 10.6 Å². The maximum Gasteiger partial charge on any atom is 0.255 e. The van der Waals surface area contributed by atoms with E-state index in [1.165, 1.54) is 4.88 Å². The average molecular weight is 329 g/mol. The first-order valence-corrected chi connectivity index (χ1v) is 8.88. The van der Waals surface area contributed by atoms with Crippen LogP contribution < -0.4 is 0 Å². The molecular weight excluding hydrogens is 310 g/mol. The fourth-order valence-corrected chi connectivity index (χ4v) is 3.85. The lowest BCUT2D eigenvalue weighted by molar-refractivity contribution is 0.0787. The summed E-state index contributed by atoms with van der Waals surface area (Å²) in [6.45, 7) is 8.48. The number of nitrogens with zero attached hydrogens (tertiary/aromatic N) is 1. The van der Waals surface area contributed by atoms with Gasteiger partial charge in [-0.1, -0.05) is 30.4 Å². The summed E-state index contributed by atoms with van der Waals surface area (Å²) in [6, 6.07) is 11.9. The van der Waals surface area contributed by atoms with E-state index >= 15 is 0 Å². The number of hydrogen-bond donors (Lipinski definition) is 0. The van der Waals surface area contributed by atoms with E-state index in [0.29, 0.717) is 13.1 Å². The predicted octanol–water partition coefficient (Wildman–Crippen LogP) is 4.85. The van der Waals surface area contributed by atoms with Gasteiger partial charge in [-0.05, 0) is 23.6 Å². The van der Waals surface area contributed by atoms with Crippen LogP contribution in [-0.2, 0) is 5.75 Å². The Kier molecular flexibility index (Phi) is 6.49. The van der Waals surface area contributed by atoms with Gasteiger partial charge in [0.1, 0.15) is 0 Å². The third-order valence-electron chi connectivity index (χ3n) is 3.05. The van der Waals surface area contributed by atoms with E-state index in [-0.39, 0.29) is 5.91 Å². The minimum atomic E-state index is 0.0223. The van der Waals surface area contributed by atoms with E-state index in [1.54, 1.807) is 40.2 Å². The van der Waals surface area contributed by atoms with E-state index in [4.69, 9.17) is 0 Å². The number of carbonyl (C=O) groups excluding carboxylic acids is 1. The van der Waals surface area contributed by atoms with Crippen molar-refractivity contribution in [1.29, 1.82) is 0 Å². The van der Waals surface area contributed by atoms with E-state index in [0.717, 1.165) is 16.2 Å². The molecule has 0 N–H and O–H groups in total. The van der Waals surface area contributed by atoms with Crippen molar-refractivity contribution in [3.63, 3.8) is 0 Å². The minimum absolute atomic E-state index is 0.0223. The second-order valence-corrected chi connectivity index (χ2v) is 6.70. The number of rotatable bonds is 8. The smallest absolute Gasteiger partial charge is 0.255 e. The molecule has 0 spiro atoms. The summed E-state index contributed by atoms with van der Waals surface area (Å²) in [4.78, 5) is 16.8. The van der Waals surface area contributed by atoms with Gasteiger partial charge in [-0.2, -0.15) is 0 Å². The molecule has 114 valence electrons. The van der Waals surface area contributed by atoms with Crippen LogP contribution in [0.5, 0.6) is 0 Å². The highest BCUT2D eigenvalue weighted by Gasteiger charge is 2.17.